The van der Waals surface area contributed by atoms with Crippen LogP contribution in [0.1, 0.15) is 16.2 Å². The number of halogens is 1. The van der Waals surface area contributed by atoms with Gasteiger partial charge < -0.3 is 0 Å². The molecule has 0 N–H and O–H groups in total. The topological polar surface area (TPSA) is 30.0 Å². The van der Waals surface area contributed by atoms with Crippen LogP contribution in [0.5, 0.6) is 0 Å². The number of aryl methyl sites for hydroxylation is 1. The lowest BCUT2D eigenvalue weighted by Crippen LogP contribution is -1.89. The molecule has 52 valence electrons. The van der Waals surface area contributed by atoms with Crippen LogP contribution in [-0.4, -0.2) is 11.3 Å². The Morgan fingerprint density at radius 1 is 1.60 bits per heavy atom. The van der Waals surface area contributed by atoms with E-state index in [9.17, 15) is 4.79 Å². The normalized spacial score (nSPS) is 9.40. The first-order chi connectivity index (χ1) is 4.74. The van der Waals surface area contributed by atoms with Crippen molar-refractivity contribution in [3.05, 3.63) is 28.0 Å². The SMILES string of the molecule is Cc1nc(C=O)ccc1Br. The molecule has 0 aliphatic rings. The number of nitrogens with zero attached hydrogens (tertiary/aromatic N) is 1. The van der Waals surface area contributed by atoms with Crippen molar-refractivity contribution in [1.29, 1.82) is 0 Å². The van der Waals surface area contributed by atoms with Crippen molar-refractivity contribution < 1.29 is 4.79 Å². The standard InChI is InChI=1S/C7H6BrNO/c1-5-7(8)3-2-6(4-10)9-5/h2-4H,1H3. The molecule has 1 heterocycles. The van der Waals surface area contributed by atoms with Crippen LogP contribution in [0.3, 0.4) is 0 Å². The van der Waals surface area contributed by atoms with Gasteiger partial charge >= 0.3 is 0 Å². The van der Waals surface area contributed by atoms with Crippen molar-refractivity contribution >= 4 is 22.2 Å². The summed E-state index contributed by atoms with van der Waals surface area (Å²) in [5.74, 6) is 0. The molecule has 10 heavy (non-hydrogen) atoms. The zero-order chi connectivity index (χ0) is 7.56. The van der Waals surface area contributed by atoms with E-state index < -0.39 is 0 Å². The van der Waals surface area contributed by atoms with Gasteiger partial charge in [0.25, 0.3) is 0 Å². The summed E-state index contributed by atoms with van der Waals surface area (Å²) in [6.45, 7) is 1.84. The zero-order valence-electron chi connectivity index (χ0n) is 5.47. The van der Waals surface area contributed by atoms with Crippen LogP contribution in [0.2, 0.25) is 0 Å². The van der Waals surface area contributed by atoms with Gasteiger partial charge in [0.2, 0.25) is 0 Å². The Morgan fingerprint density at radius 3 is 2.80 bits per heavy atom. The van der Waals surface area contributed by atoms with Crippen molar-refractivity contribution in [2.24, 2.45) is 0 Å². The summed E-state index contributed by atoms with van der Waals surface area (Å²) < 4.78 is 0.929. The third-order valence-corrected chi connectivity index (χ3v) is 2.00. The molecule has 1 aromatic rings. The predicted molar refractivity (Wildman–Crippen MR) is 42.1 cm³/mol. The molecule has 1 aromatic heterocycles. The van der Waals surface area contributed by atoms with Gasteiger partial charge in [-0.25, -0.2) is 4.98 Å². The molecule has 0 bridgehead atoms. The van der Waals surface area contributed by atoms with Crippen LogP contribution in [-0.2, 0) is 0 Å². The average molecular weight is 200 g/mol. The van der Waals surface area contributed by atoms with Gasteiger partial charge in [-0.1, -0.05) is 0 Å². The molecule has 0 aromatic carbocycles. The first-order valence-corrected chi connectivity index (χ1v) is 3.61. The van der Waals surface area contributed by atoms with E-state index in [-0.39, 0.29) is 0 Å². The van der Waals surface area contributed by atoms with Gasteiger partial charge in [-0.15, -0.1) is 0 Å². The van der Waals surface area contributed by atoms with E-state index in [2.05, 4.69) is 20.9 Å². The number of hydrogen-bond donors (Lipinski definition) is 0. The summed E-state index contributed by atoms with van der Waals surface area (Å²) in [6, 6.07) is 3.48. The highest BCUT2D eigenvalue weighted by molar-refractivity contribution is 9.10. The number of hydrogen-bond acceptors (Lipinski definition) is 2. The molecule has 0 aliphatic heterocycles. The summed E-state index contributed by atoms with van der Waals surface area (Å²) in [6.07, 6.45) is 0.736. The first-order valence-electron chi connectivity index (χ1n) is 2.82. The van der Waals surface area contributed by atoms with E-state index in [1.165, 1.54) is 0 Å². The molecule has 1 rings (SSSR count). The predicted octanol–water partition coefficient (Wildman–Crippen LogP) is 1.97. The first kappa shape index (κ1) is 7.41. The Morgan fingerprint density at radius 2 is 2.30 bits per heavy atom. The number of carbonyl (C=O) groups is 1. The fourth-order valence-electron chi connectivity index (χ4n) is 0.629. The smallest absolute Gasteiger partial charge is 0.168 e. The van der Waals surface area contributed by atoms with Crippen molar-refractivity contribution in [3.8, 4) is 0 Å². The summed E-state index contributed by atoms with van der Waals surface area (Å²) in [4.78, 5) is 14.2. The maximum atomic E-state index is 10.2. The van der Waals surface area contributed by atoms with E-state index >= 15 is 0 Å². The molecular weight excluding hydrogens is 194 g/mol. The lowest BCUT2D eigenvalue weighted by Gasteiger charge is -1.95. The molecule has 0 atom stereocenters. The van der Waals surface area contributed by atoms with Crippen LogP contribution >= 0.6 is 15.9 Å². The van der Waals surface area contributed by atoms with Crippen LogP contribution in [0.25, 0.3) is 0 Å². The minimum absolute atomic E-state index is 0.473. The molecule has 0 radical (unpaired) electrons. The zero-order valence-corrected chi connectivity index (χ0v) is 7.05. The third kappa shape index (κ3) is 1.42. The second-order valence-electron chi connectivity index (χ2n) is 1.92. The van der Waals surface area contributed by atoms with Gasteiger partial charge in [-0.05, 0) is 35.0 Å². The van der Waals surface area contributed by atoms with Gasteiger partial charge in [-0.3, -0.25) is 4.79 Å². The molecule has 0 unspecified atom stereocenters. The highest BCUT2D eigenvalue weighted by atomic mass is 79.9. The van der Waals surface area contributed by atoms with E-state index in [0.717, 1.165) is 16.5 Å². The van der Waals surface area contributed by atoms with Crippen molar-refractivity contribution in [3.63, 3.8) is 0 Å². The molecule has 0 amide bonds. The minimum atomic E-state index is 0.473. The van der Waals surface area contributed by atoms with Gasteiger partial charge in [-0.2, -0.15) is 0 Å². The van der Waals surface area contributed by atoms with Crippen LogP contribution in [0.4, 0.5) is 0 Å². The number of rotatable bonds is 1. The number of pyridine rings is 1. The van der Waals surface area contributed by atoms with Crippen LogP contribution < -0.4 is 0 Å². The maximum Gasteiger partial charge on any atom is 0.168 e. The van der Waals surface area contributed by atoms with Crippen molar-refractivity contribution in [1.82, 2.24) is 4.98 Å². The molecule has 0 saturated carbocycles. The molecule has 2 nitrogen and oxygen atoms in total. The van der Waals surface area contributed by atoms with Gasteiger partial charge in [0.15, 0.2) is 6.29 Å². The molecule has 0 saturated heterocycles. The van der Waals surface area contributed by atoms with Crippen molar-refractivity contribution in [2.75, 3.05) is 0 Å². The quantitative estimate of drug-likeness (QED) is 0.648. The number of carbonyl (C=O) groups excluding carboxylic acids is 1. The molecular formula is C7H6BrNO. The second kappa shape index (κ2) is 2.92. The molecule has 0 aliphatic carbocycles. The van der Waals surface area contributed by atoms with Gasteiger partial charge in [0.05, 0.1) is 5.69 Å². The maximum absolute atomic E-state index is 10.2. The number of aromatic nitrogens is 1. The Bertz CT molecular complexity index is 260. The molecule has 3 heteroatoms. The Labute approximate surface area is 67.4 Å². The monoisotopic (exact) mass is 199 g/mol. The van der Waals surface area contributed by atoms with E-state index in [1.54, 1.807) is 6.07 Å². The third-order valence-electron chi connectivity index (χ3n) is 1.16. The summed E-state index contributed by atoms with van der Waals surface area (Å²) >= 11 is 3.28. The number of aldehydes is 1. The summed E-state index contributed by atoms with van der Waals surface area (Å²) in [7, 11) is 0. The van der Waals surface area contributed by atoms with Crippen molar-refractivity contribution in [2.45, 2.75) is 6.92 Å². The Kier molecular flexibility index (Phi) is 2.17. The lowest BCUT2D eigenvalue weighted by atomic mass is 10.3. The molecule has 0 fully saturated rings. The second-order valence-corrected chi connectivity index (χ2v) is 2.78. The average Bonchev–Trinajstić information content (AvgIpc) is 1.95. The molecule has 0 spiro atoms. The van der Waals surface area contributed by atoms with Crippen LogP contribution in [0, 0.1) is 6.92 Å². The minimum Gasteiger partial charge on any atom is -0.296 e. The van der Waals surface area contributed by atoms with Gasteiger partial charge in [0, 0.05) is 4.47 Å². The fourth-order valence-corrected chi connectivity index (χ4v) is 0.850. The van der Waals surface area contributed by atoms with Gasteiger partial charge in [0.1, 0.15) is 5.69 Å². The van der Waals surface area contributed by atoms with Crippen LogP contribution in [0.15, 0.2) is 16.6 Å². The highest BCUT2D eigenvalue weighted by Gasteiger charge is 1.95. The lowest BCUT2D eigenvalue weighted by molar-refractivity contribution is 0.111. The highest BCUT2D eigenvalue weighted by Crippen LogP contribution is 2.12. The Balaban J connectivity index is 3.16. The van der Waals surface area contributed by atoms with E-state index in [4.69, 9.17) is 0 Å². The summed E-state index contributed by atoms with van der Waals surface area (Å²) in [5, 5.41) is 0. The Hall–Kier alpha value is -0.700. The van der Waals surface area contributed by atoms with E-state index in [1.807, 2.05) is 13.0 Å². The largest absolute Gasteiger partial charge is 0.296 e. The summed E-state index contributed by atoms with van der Waals surface area (Å²) in [5.41, 5.74) is 1.31. The van der Waals surface area contributed by atoms with E-state index in [0.29, 0.717) is 5.69 Å². The fraction of sp³-hybridized carbons (Fsp3) is 0.143.